The Bertz CT molecular complexity index is 1110. The number of nitrogens with one attached hydrogen (secondary N) is 1. The van der Waals surface area contributed by atoms with E-state index in [0.29, 0.717) is 11.7 Å². The van der Waals surface area contributed by atoms with Gasteiger partial charge in [-0.15, -0.1) is 6.58 Å². The Morgan fingerprint density at radius 3 is 2.83 bits per heavy atom. The molecule has 1 saturated carbocycles. The van der Waals surface area contributed by atoms with Crippen molar-refractivity contribution in [2.24, 2.45) is 5.92 Å². The van der Waals surface area contributed by atoms with Crippen LogP contribution in [0.1, 0.15) is 43.7 Å². The zero-order chi connectivity index (χ0) is 24.8. The molecule has 1 saturated heterocycles. The van der Waals surface area contributed by atoms with Gasteiger partial charge in [-0.05, 0) is 79.6 Å². The molecule has 3 unspecified atom stereocenters. The number of piperidine rings is 1. The summed E-state index contributed by atoms with van der Waals surface area (Å²) in [4.78, 5) is 26.7. The number of hydrogen-bond acceptors (Lipinski definition) is 5. The summed E-state index contributed by atoms with van der Waals surface area (Å²) in [6, 6.07) is 14.8. The molecule has 0 aromatic heterocycles. The molecule has 0 spiro atoms. The van der Waals surface area contributed by atoms with Gasteiger partial charge in [0, 0.05) is 37.5 Å². The van der Waals surface area contributed by atoms with Crippen molar-refractivity contribution >= 4 is 18.0 Å². The van der Waals surface area contributed by atoms with Crippen LogP contribution in [0.15, 0.2) is 67.3 Å². The van der Waals surface area contributed by atoms with E-state index in [1.165, 1.54) is 18.6 Å². The van der Waals surface area contributed by atoms with E-state index >= 15 is 0 Å². The summed E-state index contributed by atoms with van der Waals surface area (Å²) in [6.07, 6.45) is 8.94. The van der Waals surface area contributed by atoms with Gasteiger partial charge in [-0.25, -0.2) is 0 Å². The van der Waals surface area contributed by atoms with Crippen molar-refractivity contribution in [2.75, 3.05) is 19.6 Å². The second-order valence-electron chi connectivity index (χ2n) is 9.69. The van der Waals surface area contributed by atoms with Gasteiger partial charge in [0.2, 0.25) is 5.91 Å². The largest absolute Gasteiger partial charge is 0.508 e. The monoisotopic (exact) mass is 474 g/mol. The lowest BCUT2D eigenvalue weighted by Gasteiger charge is -2.53. The summed E-state index contributed by atoms with van der Waals surface area (Å²) in [7, 11) is 0. The summed E-state index contributed by atoms with van der Waals surface area (Å²) in [5, 5.41) is 12.8. The number of carbonyl (C=O) groups excluding carboxylic acids is 2. The maximum Gasteiger partial charge on any atom is 0.308 e. The first-order valence-corrected chi connectivity index (χ1v) is 12.3. The van der Waals surface area contributed by atoms with Gasteiger partial charge in [-0.3, -0.25) is 14.5 Å². The average molecular weight is 475 g/mol. The van der Waals surface area contributed by atoms with E-state index in [0.717, 1.165) is 50.9 Å². The third-order valence-electron chi connectivity index (χ3n) is 7.31. The highest BCUT2D eigenvalue weighted by Gasteiger charge is 2.48. The summed E-state index contributed by atoms with van der Waals surface area (Å²) in [5.74, 6) is 0.720. The van der Waals surface area contributed by atoms with E-state index in [9.17, 15) is 14.7 Å². The minimum Gasteiger partial charge on any atom is -0.508 e. The first-order valence-electron chi connectivity index (χ1n) is 12.3. The van der Waals surface area contributed by atoms with E-state index in [4.69, 9.17) is 4.74 Å². The van der Waals surface area contributed by atoms with Crippen molar-refractivity contribution < 1.29 is 19.4 Å². The lowest BCUT2D eigenvalue weighted by Crippen LogP contribution is -2.56. The van der Waals surface area contributed by atoms with E-state index in [2.05, 4.69) is 22.9 Å². The third kappa shape index (κ3) is 6.01. The molecule has 4 rings (SSSR count). The molecule has 2 aliphatic rings. The molecule has 6 heteroatoms. The third-order valence-corrected chi connectivity index (χ3v) is 7.31. The molecular formula is C29H34N2O4. The lowest BCUT2D eigenvalue weighted by atomic mass is 9.58. The van der Waals surface area contributed by atoms with Crippen molar-refractivity contribution in [1.82, 2.24) is 10.2 Å². The summed E-state index contributed by atoms with van der Waals surface area (Å²) >= 11 is 0. The number of benzene rings is 2. The van der Waals surface area contributed by atoms with Gasteiger partial charge in [0.25, 0.3) is 0 Å². The lowest BCUT2D eigenvalue weighted by molar-refractivity contribution is -0.131. The number of carbonyl (C=O) groups is 2. The van der Waals surface area contributed by atoms with Crippen LogP contribution in [-0.4, -0.2) is 47.6 Å². The van der Waals surface area contributed by atoms with Crippen LogP contribution in [-0.2, 0) is 15.0 Å². The second-order valence-corrected chi connectivity index (χ2v) is 9.69. The van der Waals surface area contributed by atoms with Crippen LogP contribution < -0.4 is 10.1 Å². The van der Waals surface area contributed by atoms with Gasteiger partial charge < -0.3 is 15.2 Å². The van der Waals surface area contributed by atoms with E-state index in [-0.39, 0.29) is 29.1 Å². The van der Waals surface area contributed by atoms with Crippen molar-refractivity contribution in [3.63, 3.8) is 0 Å². The zero-order valence-corrected chi connectivity index (χ0v) is 20.3. The number of rotatable bonds is 7. The number of nitrogens with zero attached hydrogens (tertiary/aromatic N) is 1. The normalized spacial score (nSPS) is 24.5. The molecule has 1 aliphatic carbocycles. The summed E-state index contributed by atoms with van der Waals surface area (Å²) in [5.41, 5.74) is 1.85. The van der Waals surface area contributed by atoms with Gasteiger partial charge in [0.1, 0.15) is 11.5 Å². The van der Waals surface area contributed by atoms with Crippen molar-refractivity contribution in [1.29, 1.82) is 0 Å². The molecular weight excluding hydrogens is 440 g/mol. The highest BCUT2D eigenvalue weighted by Crippen LogP contribution is 2.49. The topological polar surface area (TPSA) is 78.9 Å². The Hall–Kier alpha value is -3.38. The van der Waals surface area contributed by atoms with Crippen LogP contribution in [0.25, 0.3) is 6.08 Å². The summed E-state index contributed by atoms with van der Waals surface area (Å²) < 4.78 is 5.40. The Labute approximate surface area is 207 Å². The molecule has 2 aromatic carbocycles. The van der Waals surface area contributed by atoms with Gasteiger partial charge in [-0.1, -0.05) is 30.3 Å². The van der Waals surface area contributed by atoms with Crippen molar-refractivity contribution in [2.45, 2.75) is 44.1 Å². The summed E-state index contributed by atoms with van der Waals surface area (Å²) in [6.45, 7) is 8.14. The number of phenols is 1. The first-order chi connectivity index (χ1) is 16.9. The molecule has 184 valence electrons. The SMILES string of the molecule is C=CCN1CCC2(c3cccc(OC(C)=O)c3)CC(NC(=O)/C=C/c3cccc(O)c3)CCC2C1. The van der Waals surface area contributed by atoms with Gasteiger partial charge in [0.15, 0.2) is 0 Å². The first kappa shape index (κ1) is 24.7. The fourth-order valence-corrected chi connectivity index (χ4v) is 5.77. The van der Waals surface area contributed by atoms with Gasteiger partial charge >= 0.3 is 5.97 Å². The van der Waals surface area contributed by atoms with E-state index in [1.807, 2.05) is 30.3 Å². The van der Waals surface area contributed by atoms with Gasteiger partial charge in [0.05, 0.1) is 0 Å². The van der Waals surface area contributed by atoms with Crippen molar-refractivity contribution in [3.8, 4) is 11.5 Å². The number of phenolic OH excluding ortho intramolecular Hbond substituents is 1. The molecule has 0 radical (unpaired) electrons. The van der Waals surface area contributed by atoms with Crippen molar-refractivity contribution in [3.05, 3.63) is 78.4 Å². The van der Waals surface area contributed by atoms with Crippen LogP contribution in [0, 0.1) is 5.92 Å². The number of aromatic hydroxyl groups is 1. The number of fused-ring (bicyclic) bond motifs is 1. The molecule has 2 fully saturated rings. The molecule has 2 N–H and O–H groups in total. The number of hydrogen-bond donors (Lipinski definition) is 2. The molecule has 1 aliphatic heterocycles. The number of likely N-dealkylation sites (tertiary alicyclic amines) is 1. The molecule has 0 bridgehead atoms. The number of amides is 1. The maximum absolute atomic E-state index is 12.7. The predicted molar refractivity (Wildman–Crippen MR) is 137 cm³/mol. The number of esters is 1. The highest BCUT2D eigenvalue weighted by atomic mass is 16.5. The average Bonchev–Trinajstić information content (AvgIpc) is 2.83. The minimum atomic E-state index is -0.329. The molecule has 1 heterocycles. The minimum absolute atomic E-state index is 0.0518. The van der Waals surface area contributed by atoms with Crippen LogP contribution >= 0.6 is 0 Å². The Kier molecular flexibility index (Phi) is 7.71. The zero-order valence-electron chi connectivity index (χ0n) is 20.3. The van der Waals surface area contributed by atoms with Gasteiger partial charge in [-0.2, -0.15) is 0 Å². The van der Waals surface area contributed by atoms with E-state index in [1.54, 1.807) is 24.3 Å². The Balaban J connectivity index is 1.54. The molecule has 1 amide bonds. The number of ether oxygens (including phenoxy) is 1. The molecule has 3 atom stereocenters. The van der Waals surface area contributed by atoms with Crippen LogP contribution in [0.5, 0.6) is 11.5 Å². The Morgan fingerprint density at radius 2 is 2.06 bits per heavy atom. The maximum atomic E-state index is 12.7. The van der Waals surface area contributed by atoms with Crippen LogP contribution in [0.4, 0.5) is 0 Å². The fraction of sp³-hybridized carbons (Fsp3) is 0.379. The predicted octanol–water partition coefficient (Wildman–Crippen LogP) is 4.45. The van der Waals surface area contributed by atoms with Crippen LogP contribution in [0.2, 0.25) is 0 Å². The quantitative estimate of drug-likeness (QED) is 0.268. The van der Waals surface area contributed by atoms with Crippen LogP contribution in [0.3, 0.4) is 0 Å². The second kappa shape index (κ2) is 10.9. The molecule has 6 nitrogen and oxygen atoms in total. The molecule has 35 heavy (non-hydrogen) atoms. The smallest absolute Gasteiger partial charge is 0.308 e. The van der Waals surface area contributed by atoms with E-state index < -0.39 is 0 Å². The highest BCUT2D eigenvalue weighted by molar-refractivity contribution is 5.92. The fourth-order valence-electron chi connectivity index (χ4n) is 5.77. The molecule has 2 aromatic rings. The standard InChI is InChI=1S/C29H34N2O4/c1-3-15-31-16-14-29(23-7-5-9-27(18-23)35-21(2)32)19-25(12-11-24(29)20-31)30-28(34)13-10-22-6-4-8-26(33)17-22/h3-10,13,17-18,24-25,33H,1,11-12,14-16,19-20H2,2H3,(H,30,34)/b13-10+. The Morgan fingerprint density at radius 1 is 1.23 bits per heavy atom.